The third-order valence-corrected chi connectivity index (χ3v) is 6.02. The number of nitrogens with one attached hydrogen (secondary N) is 3. The highest BCUT2D eigenvalue weighted by Crippen LogP contribution is 2.33. The number of pyridine rings is 1. The normalized spacial score (nSPS) is 16.0. The van der Waals surface area contributed by atoms with Crippen LogP contribution in [-0.4, -0.2) is 17.1 Å². The molecule has 0 fully saturated rings. The molecule has 0 saturated heterocycles. The molecule has 0 radical (unpaired) electrons. The molecule has 0 bridgehead atoms. The van der Waals surface area contributed by atoms with Gasteiger partial charge in [0.25, 0.3) is 0 Å². The molecule has 0 aliphatic heterocycles. The minimum Gasteiger partial charge on any atom is -0.363 e. The van der Waals surface area contributed by atoms with Gasteiger partial charge in [0.1, 0.15) is 5.82 Å². The molecule has 3 aromatic rings. The lowest BCUT2D eigenvalue weighted by atomic mass is 10.1. The molecular formula is C26H32N4O. The van der Waals surface area contributed by atoms with Crippen molar-refractivity contribution in [2.24, 2.45) is 0 Å². The zero-order chi connectivity index (χ0) is 21.6. The van der Waals surface area contributed by atoms with Gasteiger partial charge in [-0.3, -0.25) is 0 Å². The van der Waals surface area contributed by atoms with Crippen molar-refractivity contribution in [1.82, 2.24) is 10.3 Å². The van der Waals surface area contributed by atoms with Gasteiger partial charge in [-0.2, -0.15) is 0 Å². The lowest BCUT2D eigenvalue weighted by molar-refractivity contribution is 0.248. The van der Waals surface area contributed by atoms with Crippen LogP contribution in [0.25, 0.3) is 10.9 Å². The first-order chi connectivity index (χ1) is 15.1. The maximum absolute atomic E-state index is 12.3. The lowest BCUT2D eigenvalue weighted by Gasteiger charge is -2.16. The van der Waals surface area contributed by atoms with Gasteiger partial charge in [-0.1, -0.05) is 50.5 Å². The first-order valence-electron chi connectivity index (χ1n) is 11.4. The maximum atomic E-state index is 12.3. The van der Waals surface area contributed by atoms with Gasteiger partial charge in [-0.15, -0.1) is 0 Å². The molecule has 2 atom stereocenters. The molecule has 4 rings (SSSR count). The smallest absolute Gasteiger partial charge is 0.319 e. The number of fused-ring (bicyclic) bond motifs is 2. The number of anilines is 2. The Hall–Kier alpha value is -3.08. The van der Waals surface area contributed by atoms with Crippen molar-refractivity contribution >= 4 is 28.4 Å². The summed E-state index contributed by atoms with van der Waals surface area (Å²) in [6.45, 7) is 4.24. The number of hydrogen-bond donors (Lipinski definition) is 3. The van der Waals surface area contributed by atoms with E-state index in [1.165, 1.54) is 24.0 Å². The molecule has 1 aliphatic carbocycles. The summed E-state index contributed by atoms with van der Waals surface area (Å²) < 4.78 is 0. The minimum absolute atomic E-state index is 0.158. The largest absolute Gasteiger partial charge is 0.363 e. The Morgan fingerprint density at radius 3 is 2.87 bits per heavy atom. The second kappa shape index (κ2) is 9.82. The van der Waals surface area contributed by atoms with E-state index in [-0.39, 0.29) is 12.1 Å². The third kappa shape index (κ3) is 5.35. The Labute approximate surface area is 184 Å². The van der Waals surface area contributed by atoms with Crippen molar-refractivity contribution in [2.45, 2.75) is 64.5 Å². The van der Waals surface area contributed by atoms with Crippen molar-refractivity contribution in [3.63, 3.8) is 0 Å². The predicted molar refractivity (Wildman–Crippen MR) is 129 cm³/mol. The molecule has 5 nitrogen and oxygen atoms in total. The fourth-order valence-corrected chi connectivity index (χ4v) is 4.33. The average Bonchev–Trinajstić information content (AvgIpc) is 3.17. The van der Waals surface area contributed by atoms with Crippen LogP contribution in [0.5, 0.6) is 0 Å². The van der Waals surface area contributed by atoms with Crippen LogP contribution in [-0.2, 0) is 6.42 Å². The fraction of sp³-hybridized carbons (Fsp3) is 0.385. The number of rotatable bonds is 8. The first-order valence-corrected chi connectivity index (χ1v) is 11.4. The Morgan fingerprint density at radius 1 is 1.13 bits per heavy atom. The highest BCUT2D eigenvalue weighted by atomic mass is 16.2. The fourth-order valence-electron chi connectivity index (χ4n) is 4.33. The van der Waals surface area contributed by atoms with E-state index < -0.39 is 0 Å². The first kappa shape index (κ1) is 21.2. The van der Waals surface area contributed by atoms with E-state index in [9.17, 15) is 4.79 Å². The summed E-state index contributed by atoms with van der Waals surface area (Å²) in [7, 11) is 0. The number of nitrogens with zero attached hydrogens (tertiary/aromatic N) is 1. The Morgan fingerprint density at radius 2 is 2.00 bits per heavy atom. The summed E-state index contributed by atoms with van der Waals surface area (Å²) >= 11 is 0. The van der Waals surface area contributed by atoms with E-state index in [0.717, 1.165) is 48.1 Å². The molecule has 2 amide bonds. The van der Waals surface area contributed by atoms with E-state index >= 15 is 0 Å². The van der Waals surface area contributed by atoms with Crippen LogP contribution in [0.3, 0.4) is 0 Å². The van der Waals surface area contributed by atoms with Crippen molar-refractivity contribution < 1.29 is 4.79 Å². The van der Waals surface area contributed by atoms with E-state index in [0.29, 0.717) is 6.04 Å². The molecule has 31 heavy (non-hydrogen) atoms. The van der Waals surface area contributed by atoms with Crippen LogP contribution < -0.4 is 16.0 Å². The number of amides is 2. The summed E-state index contributed by atoms with van der Waals surface area (Å²) in [5, 5.41) is 10.6. The molecule has 1 unspecified atom stereocenters. The molecule has 1 heterocycles. The van der Waals surface area contributed by atoms with E-state index in [4.69, 9.17) is 4.98 Å². The van der Waals surface area contributed by atoms with E-state index in [1.807, 2.05) is 24.3 Å². The van der Waals surface area contributed by atoms with Gasteiger partial charge < -0.3 is 16.0 Å². The van der Waals surface area contributed by atoms with Gasteiger partial charge in [0, 0.05) is 17.1 Å². The Balaban J connectivity index is 1.38. The highest BCUT2D eigenvalue weighted by Gasteiger charge is 2.21. The van der Waals surface area contributed by atoms with Gasteiger partial charge in [0.15, 0.2) is 0 Å². The maximum Gasteiger partial charge on any atom is 0.319 e. The number of carbonyl (C=O) groups excluding carboxylic acids is 1. The van der Waals surface area contributed by atoms with Crippen molar-refractivity contribution in [1.29, 1.82) is 0 Å². The Kier molecular flexibility index (Phi) is 6.70. The summed E-state index contributed by atoms with van der Waals surface area (Å²) in [5.41, 5.74) is 4.49. The molecule has 3 N–H and O–H groups in total. The zero-order valence-corrected chi connectivity index (χ0v) is 18.4. The number of hydrogen-bond acceptors (Lipinski definition) is 3. The van der Waals surface area contributed by atoms with Gasteiger partial charge in [-0.25, -0.2) is 9.78 Å². The van der Waals surface area contributed by atoms with Crippen LogP contribution in [0, 0.1) is 0 Å². The predicted octanol–water partition coefficient (Wildman–Crippen LogP) is 6.42. The van der Waals surface area contributed by atoms with Crippen LogP contribution in [0.2, 0.25) is 0 Å². The average molecular weight is 417 g/mol. The van der Waals surface area contributed by atoms with E-state index in [2.05, 4.69) is 60.1 Å². The molecular weight excluding hydrogens is 384 g/mol. The van der Waals surface area contributed by atoms with Gasteiger partial charge in [0.2, 0.25) is 0 Å². The van der Waals surface area contributed by atoms with Crippen LogP contribution in [0.15, 0.2) is 54.6 Å². The minimum atomic E-state index is -0.158. The number of aryl methyl sites for hydroxylation is 1. The van der Waals surface area contributed by atoms with Gasteiger partial charge >= 0.3 is 6.03 Å². The SMILES string of the molecule is CCCCCC(C)NC(=O)Nc1ccc2nc(N[C@@H]3CCc4ccccc43)ccc2c1. The number of urea groups is 1. The number of unbranched alkanes of at least 4 members (excludes halogenated alkanes) is 2. The summed E-state index contributed by atoms with van der Waals surface area (Å²) in [4.78, 5) is 17.1. The molecule has 0 spiro atoms. The standard InChI is InChI=1S/C26H32N4O/c1-3-4-5-8-18(2)27-26(31)28-21-13-15-23-20(17-21)12-16-25(29-23)30-24-14-11-19-9-6-7-10-22(19)24/h6-7,9-10,12-13,15-18,24H,3-5,8,11,14H2,1-2H3,(H,29,30)(H2,27,28,31)/t18?,24-/m1/s1. The van der Waals surface area contributed by atoms with Crippen molar-refractivity contribution in [2.75, 3.05) is 10.6 Å². The molecule has 2 aromatic carbocycles. The van der Waals surface area contributed by atoms with Crippen LogP contribution >= 0.6 is 0 Å². The summed E-state index contributed by atoms with van der Waals surface area (Å²) in [5.74, 6) is 0.883. The van der Waals surface area contributed by atoms with Crippen molar-refractivity contribution in [3.8, 4) is 0 Å². The highest BCUT2D eigenvalue weighted by molar-refractivity contribution is 5.93. The Bertz CT molecular complexity index is 1050. The molecule has 5 heteroatoms. The molecule has 162 valence electrons. The van der Waals surface area contributed by atoms with Gasteiger partial charge in [-0.05, 0) is 67.6 Å². The van der Waals surface area contributed by atoms with Gasteiger partial charge in [0.05, 0.1) is 11.6 Å². The third-order valence-electron chi connectivity index (χ3n) is 6.02. The summed E-state index contributed by atoms with van der Waals surface area (Å²) in [6, 6.07) is 18.9. The zero-order valence-electron chi connectivity index (χ0n) is 18.4. The number of aromatic nitrogens is 1. The quantitative estimate of drug-likeness (QED) is 0.371. The number of carbonyl (C=O) groups is 1. The molecule has 1 aliphatic rings. The second-order valence-electron chi connectivity index (χ2n) is 8.53. The topological polar surface area (TPSA) is 66.0 Å². The molecule has 1 aromatic heterocycles. The summed E-state index contributed by atoms with van der Waals surface area (Å²) in [6.07, 6.45) is 6.74. The lowest BCUT2D eigenvalue weighted by Crippen LogP contribution is -2.36. The van der Waals surface area contributed by atoms with Crippen LogP contribution in [0.4, 0.5) is 16.3 Å². The van der Waals surface area contributed by atoms with E-state index in [1.54, 1.807) is 0 Å². The second-order valence-corrected chi connectivity index (χ2v) is 8.53. The number of benzene rings is 2. The monoisotopic (exact) mass is 416 g/mol. The molecule has 0 saturated carbocycles. The van der Waals surface area contributed by atoms with Crippen LogP contribution in [0.1, 0.15) is 63.1 Å². The van der Waals surface area contributed by atoms with Crippen molar-refractivity contribution in [3.05, 3.63) is 65.7 Å².